The van der Waals surface area contributed by atoms with Crippen LogP contribution < -0.4 is 0 Å². The van der Waals surface area contributed by atoms with Gasteiger partial charge >= 0.3 is 0 Å². The second-order valence-corrected chi connectivity index (χ2v) is 9.80. The Hall–Kier alpha value is -6.64. The van der Waals surface area contributed by atoms with Crippen molar-refractivity contribution in [1.82, 2.24) is 0 Å². The van der Waals surface area contributed by atoms with E-state index < -0.39 is 80.4 Å². The van der Waals surface area contributed by atoms with Crippen LogP contribution in [0.15, 0.2) is 36.4 Å². The fraction of sp³-hybridized carbons (Fsp3) is 0. The fourth-order valence-electron chi connectivity index (χ4n) is 4.95. The maximum atomic E-state index is 14.3. The first kappa shape index (κ1) is 32.7. The van der Waals surface area contributed by atoms with Gasteiger partial charge in [-0.3, -0.25) is 0 Å². The third-order valence-corrected chi connectivity index (χ3v) is 7.27. The van der Waals surface area contributed by atoms with Gasteiger partial charge in [-0.25, -0.2) is 43.9 Å². The van der Waals surface area contributed by atoms with E-state index in [9.17, 15) is 65.0 Å². The van der Waals surface area contributed by atoms with Crippen LogP contribution >= 0.6 is 0 Å². The zero-order chi connectivity index (χ0) is 35.2. The van der Waals surface area contributed by atoms with E-state index in [0.29, 0.717) is 12.2 Å². The van der Waals surface area contributed by atoms with Crippen molar-refractivity contribution in [1.29, 1.82) is 21.0 Å². The molecule has 0 saturated heterocycles. The second-order valence-electron chi connectivity index (χ2n) is 9.80. The summed E-state index contributed by atoms with van der Waals surface area (Å²) < 4.78 is 139. The lowest BCUT2D eigenvalue weighted by atomic mass is 9.88. The molecule has 5 aromatic carbocycles. The van der Waals surface area contributed by atoms with Crippen molar-refractivity contribution >= 4 is 44.8 Å². The van der Waals surface area contributed by atoms with Crippen molar-refractivity contribution in [2.45, 2.75) is 0 Å². The molecule has 5 rings (SSSR count). The van der Waals surface area contributed by atoms with Gasteiger partial charge in [0.05, 0.1) is 45.5 Å². The van der Waals surface area contributed by atoms with Crippen LogP contribution in [0.5, 0.6) is 0 Å². The predicted molar refractivity (Wildman–Crippen MR) is 150 cm³/mol. The summed E-state index contributed by atoms with van der Waals surface area (Å²) in [4.78, 5) is 0. The lowest BCUT2D eigenvalue weighted by Gasteiger charge is -2.12. The number of allylic oxidation sites excluding steroid dienone is 2. The summed E-state index contributed by atoms with van der Waals surface area (Å²) in [5, 5.41) is 39.6. The first-order valence-electron chi connectivity index (χ1n) is 12.9. The monoisotopic (exact) mass is 662 g/mol. The zero-order valence-corrected chi connectivity index (χ0v) is 23.2. The van der Waals surface area contributed by atoms with E-state index >= 15 is 0 Å². The number of nitriles is 4. The van der Waals surface area contributed by atoms with Gasteiger partial charge in [0.2, 0.25) is 11.6 Å². The molecule has 0 amide bonds. The summed E-state index contributed by atoms with van der Waals surface area (Å²) in [6.45, 7) is 0. The van der Waals surface area contributed by atoms with Crippen molar-refractivity contribution < 1.29 is 43.9 Å². The summed E-state index contributed by atoms with van der Waals surface area (Å²) in [7, 11) is 0. The molecule has 0 bridgehead atoms. The molecule has 4 nitrogen and oxygen atoms in total. The van der Waals surface area contributed by atoms with Gasteiger partial charge in [-0.15, -0.1) is 0 Å². The van der Waals surface area contributed by atoms with Crippen molar-refractivity contribution in [3.63, 3.8) is 0 Å². The highest BCUT2D eigenvalue weighted by atomic mass is 19.2. The SMILES string of the molecule is N#C/C(=C\c1c(F)c(F)c(F)c(F)c1F)c1ccc2c(C#N)c3cc(/C(C#N)=C/c4c(F)c(F)c(F)c(F)c4F)ccc3c(C#N)c2c1. The fourth-order valence-corrected chi connectivity index (χ4v) is 4.95. The molecule has 0 atom stereocenters. The molecule has 0 fully saturated rings. The van der Waals surface area contributed by atoms with Crippen molar-refractivity contribution in [3.05, 3.63) is 128 Å². The number of rotatable bonds is 4. The highest BCUT2D eigenvalue weighted by Crippen LogP contribution is 2.37. The zero-order valence-electron chi connectivity index (χ0n) is 23.2. The summed E-state index contributed by atoms with van der Waals surface area (Å²) in [6, 6.07) is 14.1. The van der Waals surface area contributed by atoms with Crippen LogP contribution in [0.25, 0.3) is 44.8 Å². The number of halogens is 10. The number of benzene rings is 5. The van der Waals surface area contributed by atoms with E-state index in [4.69, 9.17) is 0 Å². The molecule has 234 valence electrons. The Morgan fingerprint density at radius 3 is 0.979 bits per heavy atom. The largest absolute Gasteiger partial charge is 0.203 e. The van der Waals surface area contributed by atoms with E-state index in [1.807, 2.05) is 12.1 Å². The lowest BCUT2D eigenvalue weighted by Crippen LogP contribution is -2.04. The maximum Gasteiger partial charge on any atom is 0.200 e. The Balaban J connectivity index is 1.74. The smallest absolute Gasteiger partial charge is 0.200 e. The van der Waals surface area contributed by atoms with E-state index in [-0.39, 0.29) is 43.8 Å². The van der Waals surface area contributed by atoms with Gasteiger partial charge in [0.1, 0.15) is 12.1 Å². The minimum Gasteiger partial charge on any atom is -0.203 e. The minimum atomic E-state index is -2.40. The van der Waals surface area contributed by atoms with Gasteiger partial charge in [0.15, 0.2) is 46.5 Å². The van der Waals surface area contributed by atoms with Crippen LogP contribution in [-0.2, 0) is 0 Å². The Kier molecular flexibility index (Phi) is 8.38. The van der Waals surface area contributed by atoms with Crippen molar-refractivity contribution in [3.8, 4) is 24.3 Å². The molecule has 0 heterocycles. The number of hydrogen-bond acceptors (Lipinski definition) is 4. The van der Waals surface area contributed by atoms with Crippen molar-refractivity contribution in [2.75, 3.05) is 0 Å². The molecule has 5 aromatic rings. The molecule has 48 heavy (non-hydrogen) atoms. The summed E-state index contributed by atoms with van der Waals surface area (Å²) >= 11 is 0. The minimum absolute atomic E-state index is 0.00261. The third-order valence-electron chi connectivity index (χ3n) is 7.27. The number of fused-ring (bicyclic) bond motifs is 2. The van der Waals surface area contributed by atoms with Crippen LogP contribution in [-0.4, -0.2) is 0 Å². The summed E-state index contributed by atoms with van der Waals surface area (Å²) in [5.41, 5.74) is -4.58. The van der Waals surface area contributed by atoms with E-state index in [1.54, 1.807) is 12.1 Å². The highest BCUT2D eigenvalue weighted by molar-refractivity contribution is 6.11. The van der Waals surface area contributed by atoms with Gasteiger partial charge in [-0.2, -0.15) is 21.0 Å². The topological polar surface area (TPSA) is 95.2 Å². The quantitative estimate of drug-likeness (QED) is 0.0479. The van der Waals surface area contributed by atoms with E-state index in [0.717, 1.165) is 24.3 Å². The van der Waals surface area contributed by atoms with Crippen LogP contribution in [0.3, 0.4) is 0 Å². The maximum absolute atomic E-state index is 14.3. The normalized spacial score (nSPS) is 11.7. The standard InChI is InChI=1S/C34H8F10N4/c35-25-21(26(36)30(40)33(43)29(25)39)7-15(9-45)13-1-3-17-19(5-13)24(12-48)18-4-2-14(6-20(18)23(17)11-47)16(10-46)8-22-27(37)31(41)34(44)32(42)28(22)38/h1-8H/b15-7+,16-8+. The predicted octanol–water partition coefficient (Wildman–Crippen LogP) is 9.26. The van der Waals surface area contributed by atoms with Crippen LogP contribution in [0.2, 0.25) is 0 Å². The average molecular weight is 662 g/mol. The average Bonchev–Trinajstić information content (AvgIpc) is 3.10. The molecule has 0 radical (unpaired) electrons. The summed E-state index contributed by atoms with van der Waals surface area (Å²) in [5.74, 6) is -22.6. The van der Waals surface area contributed by atoms with Crippen LogP contribution in [0, 0.1) is 103 Å². The Morgan fingerprint density at radius 1 is 0.417 bits per heavy atom. The van der Waals surface area contributed by atoms with Gasteiger partial charge in [-0.1, -0.05) is 24.3 Å². The van der Waals surface area contributed by atoms with Gasteiger partial charge < -0.3 is 0 Å². The number of hydrogen-bond donors (Lipinski definition) is 0. The third kappa shape index (κ3) is 5.02. The van der Waals surface area contributed by atoms with Crippen LogP contribution in [0.1, 0.15) is 33.4 Å². The molecule has 0 aliphatic heterocycles. The molecule has 0 unspecified atom stereocenters. The summed E-state index contributed by atoms with van der Waals surface area (Å²) in [6.07, 6.45) is 0.838. The van der Waals surface area contributed by atoms with Gasteiger partial charge in [0, 0.05) is 21.5 Å². The van der Waals surface area contributed by atoms with Crippen molar-refractivity contribution in [2.24, 2.45) is 0 Å². The molecule has 0 spiro atoms. The Bertz CT molecular complexity index is 2280. The first-order valence-corrected chi connectivity index (χ1v) is 12.9. The Morgan fingerprint density at radius 2 is 0.708 bits per heavy atom. The lowest BCUT2D eigenvalue weighted by molar-refractivity contribution is 0.377. The number of nitrogens with zero attached hydrogens (tertiary/aromatic N) is 4. The molecular weight excluding hydrogens is 654 g/mol. The molecule has 14 heteroatoms. The second kappa shape index (κ2) is 12.3. The molecule has 0 aliphatic rings. The van der Waals surface area contributed by atoms with E-state index in [2.05, 4.69) is 0 Å². The van der Waals surface area contributed by atoms with E-state index in [1.165, 1.54) is 12.1 Å². The molecule has 0 N–H and O–H groups in total. The first-order chi connectivity index (χ1) is 22.8. The molecule has 0 aliphatic carbocycles. The molecule has 0 saturated carbocycles. The molecular formula is C34H8F10N4. The molecule has 0 aromatic heterocycles. The van der Waals surface area contributed by atoms with Gasteiger partial charge in [0.25, 0.3) is 0 Å². The Labute approximate surface area is 262 Å². The van der Waals surface area contributed by atoms with Crippen LogP contribution in [0.4, 0.5) is 43.9 Å². The van der Waals surface area contributed by atoms with Gasteiger partial charge in [-0.05, 0) is 35.4 Å². The highest BCUT2D eigenvalue weighted by Gasteiger charge is 2.27.